The molecule has 0 radical (unpaired) electrons. The summed E-state index contributed by atoms with van der Waals surface area (Å²) in [5, 5.41) is 1.87. The summed E-state index contributed by atoms with van der Waals surface area (Å²) in [6.07, 6.45) is 0.825. The summed E-state index contributed by atoms with van der Waals surface area (Å²) in [6, 6.07) is 7.87. The quantitative estimate of drug-likeness (QED) is 0.912. The molecule has 0 spiro atoms. The normalized spacial score (nSPS) is 10.7. The molecule has 0 unspecified atom stereocenters. The fourth-order valence-corrected chi connectivity index (χ4v) is 2.77. The van der Waals surface area contributed by atoms with Gasteiger partial charge in [0.05, 0.1) is 10.7 Å². The lowest BCUT2D eigenvalue weighted by Crippen LogP contribution is -1.94. The number of nitrogens with zero attached hydrogens (tertiary/aromatic N) is 1. The van der Waals surface area contributed by atoms with Crippen molar-refractivity contribution in [3.8, 4) is 0 Å². The van der Waals surface area contributed by atoms with Crippen LogP contribution in [0.4, 0.5) is 0 Å². The molecule has 0 fully saturated rings. The third-order valence-corrected chi connectivity index (χ3v) is 3.78. The van der Waals surface area contributed by atoms with Gasteiger partial charge >= 0.3 is 0 Å². The lowest BCUT2D eigenvalue weighted by atomic mass is 10.2. The van der Waals surface area contributed by atoms with Gasteiger partial charge in [0.25, 0.3) is 0 Å². The van der Waals surface area contributed by atoms with Crippen molar-refractivity contribution in [1.82, 2.24) is 4.98 Å². The zero-order valence-corrected chi connectivity index (χ0v) is 10.6. The van der Waals surface area contributed by atoms with E-state index in [1.165, 1.54) is 5.56 Å². The van der Waals surface area contributed by atoms with E-state index in [4.69, 9.17) is 17.3 Å². The highest BCUT2D eigenvalue weighted by Crippen LogP contribution is 2.21. The van der Waals surface area contributed by atoms with Crippen molar-refractivity contribution in [1.29, 1.82) is 0 Å². The summed E-state index contributed by atoms with van der Waals surface area (Å²) < 4.78 is 0. The molecule has 0 aliphatic heterocycles. The van der Waals surface area contributed by atoms with Crippen LogP contribution in [0.3, 0.4) is 0 Å². The summed E-state index contributed by atoms with van der Waals surface area (Å²) >= 11 is 7.62. The molecule has 0 bridgehead atoms. The van der Waals surface area contributed by atoms with Gasteiger partial charge in [-0.05, 0) is 24.6 Å². The molecule has 1 heterocycles. The van der Waals surface area contributed by atoms with Crippen LogP contribution in [0.15, 0.2) is 24.3 Å². The molecule has 2 nitrogen and oxygen atoms in total. The van der Waals surface area contributed by atoms with Crippen molar-refractivity contribution in [2.45, 2.75) is 19.9 Å². The number of halogens is 1. The minimum absolute atomic E-state index is 0.568. The molecule has 0 saturated heterocycles. The third-order valence-electron chi connectivity index (χ3n) is 2.37. The van der Waals surface area contributed by atoms with Gasteiger partial charge in [-0.15, -0.1) is 11.3 Å². The van der Waals surface area contributed by atoms with Crippen LogP contribution in [0.5, 0.6) is 0 Å². The Morgan fingerprint density at radius 1 is 1.44 bits per heavy atom. The first kappa shape index (κ1) is 11.6. The summed E-state index contributed by atoms with van der Waals surface area (Å²) in [7, 11) is 0. The largest absolute Gasteiger partial charge is 0.326 e. The van der Waals surface area contributed by atoms with E-state index in [2.05, 4.69) is 11.1 Å². The maximum atomic E-state index is 5.94. The van der Waals surface area contributed by atoms with E-state index < -0.39 is 0 Å². The van der Waals surface area contributed by atoms with Gasteiger partial charge in [0.15, 0.2) is 0 Å². The van der Waals surface area contributed by atoms with Crippen molar-refractivity contribution in [2.24, 2.45) is 5.73 Å². The standard InChI is InChI=1S/C12H13ClN2S/c1-8-11(7-14)16-12(15-8)6-9-3-2-4-10(13)5-9/h2-5H,6-7,14H2,1H3. The second-order valence-corrected chi connectivity index (χ2v) is 5.23. The number of aryl methyl sites for hydroxylation is 1. The van der Waals surface area contributed by atoms with Crippen LogP contribution in [0.25, 0.3) is 0 Å². The van der Waals surface area contributed by atoms with Gasteiger partial charge < -0.3 is 5.73 Å². The zero-order chi connectivity index (χ0) is 11.5. The number of hydrogen-bond acceptors (Lipinski definition) is 3. The van der Waals surface area contributed by atoms with Gasteiger partial charge in [0.1, 0.15) is 0 Å². The van der Waals surface area contributed by atoms with E-state index in [0.29, 0.717) is 6.54 Å². The van der Waals surface area contributed by atoms with Crippen molar-refractivity contribution < 1.29 is 0 Å². The van der Waals surface area contributed by atoms with Crippen LogP contribution in [0.2, 0.25) is 5.02 Å². The van der Waals surface area contributed by atoms with Crippen LogP contribution in [0, 0.1) is 6.92 Å². The first-order chi connectivity index (χ1) is 7.69. The molecule has 1 aromatic carbocycles. The van der Waals surface area contributed by atoms with E-state index in [-0.39, 0.29) is 0 Å². The van der Waals surface area contributed by atoms with E-state index in [0.717, 1.165) is 27.0 Å². The lowest BCUT2D eigenvalue weighted by molar-refractivity contribution is 1.04. The number of thiazole rings is 1. The van der Waals surface area contributed by atoms with Crippen molar-refractivity contribution in [2.75, 3.05) is 0 Å². The third kappa shape index (κ3) is 2.61. The monoisotopic (exact) mass is 252 g/mol. The van der Waals surface area contributed by atoms with Gasteiger partial charge in [-0.3, -0.25) is 0 Å². The topological polar surface area (TPSA) is 38.9 Å². The van der Waals surface area contributed by atoms with E-state index in [1.807, 2.05) is 25.1 Å². The minimum Gasteiger partial charge on any atom is -0.326 e. The zero-order valence-electron chi connectivity index (χ0n) is 9.03. The van der Waals surface area contributed by atoms with Crippen LogP contribution >= 0.6 is 22.9 Å². The Morgan fingerprint density at radius 2 is 2.25 bits per heavy atom. The molecular weight excluding hydrogens is 240 g/mol. The fraction of sp³-hybridized carbons (Fsp3) is 0.250. The van der Waals surface area contributed by atoms with E-state index in [1.54, 1.807) is 11.3 Å². The fourth-order valence-electron chi connectivity index (χ4n) is 1.57. The minimum atomic E-state index is 0.568. The molecule has 0 aliphatic carbocycles. The first-order valence-electron chi connectivity index (χ1n) is 5.08. The van der Waals surface area contributed by atoms with Crippen molar-refractivity contribution >= 4 is 22.9 Å². The molecule has 0 amide bonds. The Hall–Kier alpha value is -0.900. The average Bonchev–Trinajstić information content (AvgIpc) is 2.58. The van der Waals surface area contributed by atoms with Crippen LogP contribution in [-0.4, -0.2) is 4.98 Å². The Bertz CT molecular complexity index is 494. The maximum absolute atomic E-state index is 5.94. The second-order valence-electron chi connectivity index (χ2n) is 3.63. The van der Waals surface area contributed by atoms with Gasteiger partial charge in [0.2, 0.25) is 0 Å². The van der Waals surface area contributed by atoms with Crippen molar-refractivity contribution in [3.05, 3.63) is 50.4 Å². The molecule has 2 aromatic rings. The Labute approximate surface area is 104 Å². The summed E-state index contributed by atoms with van der Waals surface area (Å²) in [4.78, 5) is 5.67. The maximum Gasteiger partial charge on any atom is 0.0975 e. The molecule has 4 heteroatoms. The molecule has 0 atom stereocenters. The lowest BCUT2D eigenvalue weighted by Gasteiger charge is -1.97. The predicted octanol–water partition coefficient (Wildman–Crippen LogP) is 3.15. The Balaban J connectivity index is 2.20. The summed E-state index contributed by atoms with van der Waals surface area (Å²) in [5.41, 5.74) is 7.86. The van der Waals surface area contributed by atoms with Gasteiger partial charge in [-0.25, -0.2) is 4.98 Å². The highest BCUT2D eigenvalue weighted by Gasteiger charge is 2.06. The van der Waals surface area contributed by atoms with Crippen LogP contribution < -0.4 is 5.73 Å². The molecule has 1 aromatic heterocycles. The molecular formula is C12H13ClN2S. The highest BCUT2D eigenvalue weighted by atomic mass is 35.5. The van der Waals surface area contributed by atoms with Gasteiger partial charge in [0, 0.05) is 22.9 Å². The number of nitrogens with two attached hydrogens (primary N) is 1. The number of hydrogen-bond donors (Lipinski definition) is 1. The van der Waals surface area contributed by atoms with Crippen LogP contribution in [0.1, 0.15) is 21.1 Å². The van der Waals surface area contributed by atoms with Gasteiger partial charge in [-0.2, -0.15) is 0 Å². The molecule has 0 aliphatic rings. The number of benzene rings is 1. The number of aromatic nitrogens is 1. The molecule has 16 heavy (non-hydrogen) atoms. The summed E-state index contributed by atoms with van der Waals surface area (Å²) in [6.45, 7) is 2.57. The smallest absolute Gasteiger partial charge is 0.0975 e. The average molecular weight is 253 g/mol. The van der Waals surface area contributed by atoms with Crippen LogP contribution in [-0.2, 0) is 13.0 Å². The van der Waals surface area contributed by atoms with E-state index >= 15 is 0 Å². The van der Waals surface area contributed by atoms with Crippen molar-refractivity contribution in [3.63, 3.8) is 0 Å². The second kappa shape index (κ2) is 4.95. The molecule has 2 rings (SSSR count). The van der Waals surface area contributed by atoms with E-state index in [9.17, 15) is 0 Å². The Kier molecular flexibility index (Phi) is 3.59. The molecule has 2 N–H and O–H groups in total. The van der Waals surface area contributed by atoms with Gasteiger partial charge in [-0.1, -0.05) is 23.7 Å². The first-order valence-corrected chi connectivity index (χ1v) is 6.28. The molecule has 0 saturated carbocycles. The molecule has 84 valence electrons. The highest BCUT2D eigenvalue weighted by molar-refractivity contribution is 7.11. The predicted molar refractivity (Wildman–Crippen MR) is 69.0 cm³/mol. The SMILES string of the molecule is Cc1nc(Cc2cccc(Cl)c2)sc1CN. The Morgan fingerprint density at radius 3 is 2.88 bits per heavy atom. The number of rotatable bonds is 3. The summed E-state index contributed by atoms with van der Waals surface area (Å²) in [5.74, 6) is 0.